The van der Waals surface area contributed by atoms with Gasteiger partial charge in [-0.05, 0) is 32.6 Å². The summed E-state index contributed by atoms with van der Waals surface area (Å²) >= 11 is 4.63. The molecule has 1 fully saturated rings. The van der Waals surface area contributed by atoms with E-state index in [-0.39, 0.29) is 28.0 Å². The molecule has 0 amide bonds. The SMILES string of the molecule is CC(C)(S)CC(C)(C)OC1=C(C2CCCCC2)C(=O)c2ccccc2C1=O. The van der Waals surface area contributed by atoms with E-state index in [2.05, 4.69) is 12.6 Å². The Hall–Kier alpha value is -1.55. The standard InChI is InChI=1S/C23H30O3S/c1-22(2,14-23(3,4)27)26-21-18(15-10-6-5-7-11-15)19(24)16-12-8-9-13-17(16)20(21)25/h8-9,12-13,15,27H,5-7,10-11,14H2,1-4H3. The molecule has 2 aliphatic carbocycles. The molecule has 0 spiro atoms. The molecule has 1 aromatic rings. The normalized spacial score (nSPS) is 19.3. The van der Waals surface area contributed by atoms with E-state index in [1.165, 1.54) is 6.42 Å². The van der Waals surface area contributed by atoms with Gasteiger partial charge in [0, 0.05) is 27.9 Å². The van der Waals surface area contributed by atoms with Crippen LogP contribution < -0.4 is 0 Å². The maximum Gasteiger partial charge on any atom is 0.228 e. The third-order valence-electron chi connectivity index (χ3n) is 5.36. The van der Waals surface area contributed by atoms with Gasteiger partial charge in [0.15, 0.2) is 11.5 Å². The Bertz CT molecular complexity index is 777. The highest BCUT2D eigenvalue weighted by atomic mass is 32.1. The number of Topliss-reactive ketones (excluding diaryl/α,β-unsaturated/α-hetero) is 2. The fourth-order valence-electron chi connectivity index (χ4n) is 4.59. The maximum absolute atomic E-state index is 13.3. The van der Waals surface area contributed by atoms with Crippen LogP contribution in [-0.4, -0.2) is 21.9 Å². The second-order valence-electron chi connectivity index (χ2n) is 9.13. The van der Waals surface area contributed by atoms with Crippen molar-refractivity contribution in [1.29, 1.82) is 0 Å². The average molecular weight is 387 g/mol. The van der Waals surface area contributed by atoms with Gasteiger partial charge in [-0.25, -0.2) is 0 Å². The van der Waals surface area contributed by atoms with Gasteiger partial charge in [0.1, 0.15) is 5.60 Å². The van der Waals surface area contributed by atoms with Crippen molar-refractivity contribution in [3.05, 3.63) is 46.7 Å². The maximum atomic E-state index is 13.3. The lowest BCUT2D eigenvalue weighted by molar-refractivity contribution is 0.0152. The summed E-state index contributed by atoms with van der Waals surface area (Å²) in [4.78, 5) is 26.6. The van der Waals surface area contributed by atoms with Crippen molar-refractivity contribution in [3.63, 3.8) is 0 Å². The Morgan fingerprint density at radius 3 is 2.07 bits per heavy atom. The number of benzene rings is 1. The molecule has 0 radical (unpaired) electrons. The number of allylic oxidation sites excluding steroid dienone is 2. The molecule has 0 aromatic heterocycles. The first-order valence-electron chi connectivity index (χ1n) is 9.93. The van der Waals surface area contributed by atoms with Crippen molar-refractivity contribution < 1.29 is 14.3 Å². The van der Waals surface area contributed by atoms with Gasteiger partial charge in [-0.3, -0.25) is 9.59 Å². The molecule has 0 heterocycles. The number of ether oxygens (including phenoxy) is 1. The number of thiol groups is 1. The monoisotopic (exact) mass is 386 g/mol. The molecule has 3 rings (SSSR count). The quantitative estimate of drug-likeness (QED) is 0.651. The summed E-state index contributed by atoms with van der Waals surface area (Å²) in [5.74, 6) is 0.190. The number of rotatable bonds is 5. The minimum Gasteiger partial charge on any atom is -0.483 e. The van der Waals surface area contributed by atoms with Crippen LogP contribution in [0.2, 0.25) is 0 Å². The molecule has 0 atom stereocenters. The van der Waals surface area contributed by atoms with Gasteiger partial charge in [-0.15, -0.1) is 0 Å². The summed E-state index contributed by atoms with van der Waals surface area (Å²) in [6.45, 7) is 7.99. The molecule has 0 unspecified atom stereocenters. The summed E-state index contributed by atoms with van der Waals surface area (Å²) in [6.07, 6.45) is 5.94. The first-order chi connectivity index (χ1) is 12.6. The van der Waals surface area contributed by atoms with E-state index in [1.807, 2.05) is 33.8 Å². The molecule has 146 valence electrons. The third kappa shape index (κ3) is 4.48. The van der Waals surface area contributed by atoms with Crippen molar-refractivity contribution in [2.24, 2.45) is 5.92 Å². The highest BCUT2D eigenvalue weighted by Crippen LogP contribution is 2.40. The zero-order valence-corrected chi connectivity index (χ0v) is 17.7. The summed E-state index contributed by atoms with van der Waals surface area (Å²) in [5, 5.41) is 0. The van der Waals surface area contributed by atoms with E-state index < -0.39 is 5.60 Å². The summed E-state index contributed by atoms with van der Waals surface area (Å²) in [7, 11) is 0. The smallest absolute Gasteiger partial charge is 0.228 e. The fourth-order valence-corrected chi connectivity index (χ4v) is 4.97. The van der Waals surface area contributed by atoms with E-state index in [4.69, 9.17) is 4.74 Å². The minimum absolute atomic E-state index is 0.0342. The molecule has 1 aromatic carbocycles. The van der Waals surface area contributed by atoms with Gasteiger partial charge >= 0.3 is 0 Å². The minimum atomic E-state index is -0.595. The Morgan fingerprint density at radius 1 is 0.963 bits per heavy atom. The Balaban J connectivity index is 2.06. The molecule has 1 saturated carbocycles. The van der Waals surface area contributed by atoms with Crippen LogP contribution in [0, 0.1) is 5.92 Å². The van der Waals surface area contributed by atoms with Crippen LogP contribution in [0.1, 0.15) is 86.9 Å². The van der Waals surface area contributed by atoms with Gasteiger partial charge in [-0.1, -0.05) is 57.4 Å². The lowest BCUT2D eigenvalue weighted by atomic mass is 9.76. The zero-order chi connectivity index (χ0) is 19.8. The van der Waals surface area contributed by atoms with Gasteiger partial charge in [-0.2, -0.15) is 12.6 Å². The largest absolute Gasteiger partial charge is 0.483 e. The van der Waals surface area contributed by atoms with Gasteiger partial charge in [0.05, 0.1) is 0 Å². The Morgan fingerprint density at radius 2 is 1.52 bits per heavy atom. The lowest BCUT2D eigenvalue weighted by Crippen LogP contribution is -2.36. The Kier molecular flexibility index (Phi) is 5.58. The highest BCUT2D eigenvalue weighted by molar-refractivity contribution is 7.81. The van der Waals surface area contributed by atoms with Crippen molar-refractivity contribution >= 4 is 24.2 Å². The lowest BCUT2D eigenvalue weighted by Gasteiger charge is -2.36. The van der Waals surface area contributed by atoms with Crippen molar-refractivity contribution in [1.82, 2.24) is 0 Å². The first kappa shape index (κ1) is 20.2. The van der Waals surface area contributed by atoms with Crippen LogP contribution >= 0.6 is 12.6 Å². The van der Waals surface area contributed by atoms with Crippen molar-refractivity contribution in [2.45, 2.75) is 76.6 Å². The molecule has 3 nitrogen and oxygen atoms in total. The molecule has 0 saturated heterocycles. The fraction of sp³-hybridized carbons (Fsp3) is 0.565. The number of hydrogen-bond donors (Lipinski definition) is 1. The number of carbonyl (C=O) groups is 2. The molecule has 2 aliphatic rings. The summed E-state index contributed by atoms with van der Waals surface area (Å²) in [6, 6.07) is 7.11. The van der Waals surface area contributed by atoms with Crippen LogP contribution in [0.15, 0.2) is 35.6 Å². The van der Waals surface area contributed by atoms with E-state index in [0.29, 0.717) is 23.1 Å². The Labute approximate surface area is 168 Å². The molecule has 0 aliphatic heterocycles. The predicted octanol–water partition coefficient (Wildman–Crippen LogP) is 5.79. The second kappa shape index (κ2) is 7.46. The van der Waals surface area contributed by atoms with Gasteiger partial charge in [0.2, 0.25) is 5.78 Å². The molecular weight excluding hydrogens is 356 g/mol. The third-order valence-corrected chi connectivity index (χ3v) is 5.52. The van der Waals surface area contributed by atoms with Gasteiger partial charge in [0.25, 0.3) is 0 Å². The van der Waals surface area contributed by atoms with Crippen LogP contribution in [0.4, 0.5) is 0 Å². The van der Waals surface area contributed by atoms with Crippen molar-refractivity contribution in [2.75, 3.05) is 0 Å². The van der Waals surface area contributed by atoms with E-state index >= 15 is 0 Å². The number of ketones is 2. The number of hydrogen-bond acceptors (Lipinski definition) is 4. The summed E-state index contributed by atoms with van der Waals surface area (Å²) < 4.78 is 6.08. The number of fused-ring (bicyclic) bond motifs is 1. The van der Waals surface area contributed by atoms with Crippen LogP contribution in [0.25, 0.3) is 0 Å². The topological polar surface area (TPSA) is 43.4 Å². The highest BCUT2D eigenvalue weighted by Gasteiger charge is 2.40. The molecule has 0 N–H and O–H groups in total. The second-order valence-corrected chi connectivity index (χ2v) is 10.3. The van der Waals surface area contributed by atoms with E-state index in [9.17, 15) is 9.59 Å². The molecule has 27 heavy (non-hydrogen) atoms. The average Bonchev–Trinajstić information content (AvgIpc) is 2.58. The summed E-state index contributed by atoms with van der Waals surface area (Å²) in [5.41, 5.74) is 0.979. The van der Waals surface area contributed by atoms with Crippen molar-refractivity contribution in [3.8, 4) is 0 Å². The van der Waals surface area contributed by atoms with E-state index in [1.54, 1.807) is 18.2 Å². The van der Waals surface area contributed by atoms with Crippen LogP contribution in [-0.2, 0) is 4.74 Å². The predicted molar refractivity (Wildman–Crippen MR) is 112 cm³/mol. The number of carbonyl (C=O) groups excluding carboxylic acids is 2. The zero-order valence-electron chi connectivity index (χ0n) is 16.8. The van der Waals surface area contributed by atoms with Crippen LogP contribution in [0.3, 0.4) is 0 Å². The van der Waals surface area contributed by atoms with E-state index in [0.717, 1.165) is 25.7 Å². The van der Waals surface area contributed by atoms with Crippen LogP contribution in [0.5, 0.6) is 0 Å². The molecule has 4 heteroatoms. The van der Waals surface area contributed by atoms with Gasteiger partial charge < -0.3 is 4.74 Å². The molecule has 0 bridgehead atoms. The first-order valence-corrected chi connectivity index (χ1v) is 10.4. The molecular formula is C23H30O3S.